The van der Waals surface area contributed by atoms with Crippen molar-refractivity contribution in [3.05, 3.63) is 17.5 Å². The van der Waals surface area contributed by atoms with Crippen LogP contribution in [-0.2, 0) is 19.0 Å². The lowest BCUT2D eigenvalue weighted by molar-refractivity contribution is -0.210. The number of carbonyl (C=O) groups excluding carboxylic acids is 1. The predicted octanol–water partition coefficient (Wildman–Crippen LogP) is 1.88. The zero-order chi connectivity index (χ0) is 14.5. The third kappa shape index (κ3) is 4.20. The molecule has 3 rings (SSSR count). The second kappa shape index (κ2) is 7.11. The fraction of sp³-hybridized carbons (Fsp3) is 0.643. The van der Waals surface area contributed by atoms with Gasteiger partial charge in [0.05, 0.1) is 29.8 Å². The third-order valence-corrected chi connectivity index (χ3v) is 5.67. The number of hydrogen-bond donors (Lipinski definition) is 1. The van der Waals surface area contributed by atoms with Crippen molar-refractivity contribution in [3.8, 4) is 0 Å². The van der Waals surface area contributed by atoms with Crippen LogP contribution in [0.25, 0.3) is 0 Å². The minimum atomic E-state index is -0.473. The van der Waals surface area contributed by atoms with Crippen LogP contribution in [0.3, 0.4) is 0 Å². The van der Waals surface area contributed by atoms with Gasteiger partial charge in [-0.05, 0) is 11.4 Å². The molecule has 0 aromatic carbocycles. The van der Waals surface area contributed by atoms with Crippen LogP contribution in [0.4, 0.5) is 0 Å². The van der Waals surface area contributed by atoms with E-state index in [0.29, 0.717) is 32.1 Å². The Kier molecular flexibility index (Phi) is 5.18. The van der Waals surface area contributed by atoms with Crippen LogP contribution in [-0.4, -0.2) is 49.9 Å². The molecule has 1 aromatic heterocycles. The lowest BCUT2D eigenvalue weighted by Gasteiger charge is -2.31. The Hall–Kier alpha value is -0.600. The molecular formula is C14H19NO4S2. The summed E-state index contributed by atoms with van der Waals surface area (Å²) >= 11 is 3.21. The number of hydrogen-bond acceptors (Lipinski definition) is 6. The number of nitrogens with one attached hydrogen (secondary N) is 1. The Balaban J connectivity index is 1.36. The molecule has 21 heavy (non-hydrogen) atoms. The van der Waals surface area contributed by atoms with Gasteiger partial charge in [-0.1, -0.05) is 6.07 Å². The smallest absolute Gasteiger partial charge is 0.230 e. The monoisotopic (exact) mass is 329 g/mol. The Morgan fingerprint density at radius 3 is 3.10 bits per heavy atom. The Labute approximate surface area is 132 Å². The molecule has 1 N–H and O–H groups in total. The number of rotatable bonds is 5. The van der Waals surface area contributed by atoms with Gasteiger partial charge < -0.3 is 19.5 Å². The summed E-state index contributed by atoms with van der Waals surface area (Å²) in [7, 11) is 0. The molecule has 1 amide bonds. The van der Waals surface area contributed by atoms with Crippen LogP contribution in [0.2, 0.25) is 0 Å². The summed E-state index contributed by atoms with van der Waals surface area (Å²) in [6, 6.07) is 4.01. The number of amides is 1. The highest BCUT2D eigenvalue weighted by atomic mass is 32.2. The van der Waals surface area contributed by atoms with E-state index >= 15 is 0 Å². The van der Waals surface area contributed by atoms with E-state index in [2.05, 4.69) is 5.32 Å². The second-order valence-electron chi connectivity index (χ2n) is 5.10. The number of ether oxygens (including phenoxy) is 3. The SMILES string of the molecule is O=C(CSc1cccs1)NC[C@H]1COC2(CCOCC2)O1. The van der Waals surface area contributed by atoms with E-state index < -0.39 is 5.79 Å². The van der Waals surface area contributed by atoms with E-state index in [1.807, 2.05) is 17.5 Å². The highest BCUT2D eigenvalue weighted by Crippen LogP contribution is 2.33. The topological polar surface area (TPSA) is 56.8 Å². The molecule has 0 unspecified atom stereocenters. The first-order chi connectivity index (χ1) is 10.3. The van der Waals surface area contributed by atoms with Gasteiger partial charge in [-0.3, -0.25) is 4.79 Å². The molecule has 0 saturated carbocycles. The minimum Gasteiger partial charge on any atom is -0.381 e. The number of thiophene rings is 1. The first-order valence-corrected chi connectivity index (χ1v) is 8.95. The normalized spacial score (nSPS) is 24.3. The molecule has 1 spiro atoms. The summed E-state index contributed by atoms with van der Waals surface area (Å²) in [6.07, 6.45) is 1.48. The van der Waals surface area contributed by atoms with Crippen LogP contribution in [0.1, 0.15) is 12.8 Å². The van der Waals surface area contributed by atoms with Crippen molar-refractivity contribution in [2.75, 3.05) is 32.1 Å². The standard InChI is InChI=1S/C14H19NO4S2/c16-12(10-21-13-2-1-7-20-13)15-8-11-9-18-14(19-11)3-5-17-6-4-14/h1-2,7,11H,3-6,8-10H2,(H,15,16)/t11-/m0/s1. The van der Waals surface area contributed by atoms with Crippen molar-refractivity contribution in [3.63, 3.8) is 0 Å². The van der Waals surface area contributed by atoms with Gasteiger partial charge >= 0.3 is 0 Å². The van der Waals surface area contributed by atoms with Gasteiger partial charge in [0.1, 0.15) is 6.10 Å². The lowest BCUT2D eigenvalue weighted by Crippen LogP contribution is -2.40. The summed E-state index contributed by atoms with van der Waals surface area (Å²) < 4.78 is 18.2. The molecule has 2 fully saturated rings. The predicted molar refractivity (Wildman–Crippen MR) is 81.7 cm³/mol. The van der Waals surface area contributed by atoms with Crippen molar-refractivity contribution < 1.29 is 19.0 Å². The van der Waals surface area contributed by atoms with Crippen LogP contribution in [0, 0.1) is 0 Å². The average Bonchev–Trinajstić information content (AvgIpc) is 3.14. The Morgan fingerprint density at radius 1 is 1.48 bits per heavy atom. The molecule has 2 aliphatic heterocycles. The average molecular weight is 329 g/mol. The second-order valence-corrected chi connectivity index (χ2v) is 7.32. The first kappa shape index (κ1) is 15.3. The van der Waals surface area contributed by atoms with Crippen LogP contribution >= 0.6 is 23.1 Å². The number of thioether (sulfide) groups is 1. The summed E-state index contributed by atoms with van der Waals surface area (Å²) in [5, 5.41) is 4.93. The summed E-state index contributed by atoms with van der Waals surface area (Å²) in [5.41, 5.74) is 0. The molecule has 116 valence electrons. The molecule has 3 heterocycles. The van der Waals surface area contributed by atoms with Crippen LogP contribution in [0.15, 0.2) is 21.7 Å². The van der Waals surface area contributed by atoms with Gasteiger partial charge in [0, 0.05) is 19.4 Å². The summed E-state index contributed by atoms with van der Waals surface area (Å²) in [4.78, 5) is 11.8. The Morgan fingerprint density at radius 2 is 2.33 bits per heavy atom. The first-order valence-electron chi connectivity index (χ1n) is 7.08. The lowest BCUT2D eigenvalue weighted by atomic mass is 10.1. The maximum atomic E-state index is 11.8. The molecular weight excluding hydrogens is 310 g/mol. The quantitative estimate of drug-likeness (QED) is 0.836. The van der Waals surface area contributed by atoms with Crippen molar-refractivity contribution in [2.24, 2.45) is 0 Å². The van der Waals surface area contributed by atoms with Crippen molar-refractivity contribution >= 4 is 29.0 Å². The van der Waals surface area contributed by atoms with Crippen molar-refractivity contribution in [1.82, 2.24) is 5.32 Å². The summed E-state index contributed by atoms with van der Waals surface area (Å²) in [5.74, 6) is -0.00294. The van der Waals surface area contributed by atoms with Gasteiger partial charge in [-0.25, -0.2) is 0 Å². The van der Waals surface area contributed by atoms with Crippen molar-refractivity contribution in [2.45, 2.75) is 28.9 Å². The molecule has 0 bridgehead atoms. The van der Waals surface area contributed by atoms with Gasteiger partial charge in [0.15, 0.2) is 5.79 Å². The van der Waals surface area contributed by atoms with Gasteiger partial charge in [-0.15, -0.1) is 23.1 Å². The molecule has 1 atom stereocenters. The van der Waals surface area contributed by atoms with Crippen LogP contribution < -0.4 is 5.32 Å². The van der Waals surface area contributed by atoms with E-state index in [0.717, 1.165) is 17.1 Å². The zero-order valence-electron chi connectivity index (χ0n) is 11.7. The van der Waals surface area contributed by atoms with Crippen LogP contribution in [0.5, 0.6) is 0 Å². The minimum absolute atomic E-state index is 0.0323. The van der Waals surface area contributed by atoms with E-state index in [4.69, 9.17) is 14.2 Å². The van der Waals surface area contributed by atoms with Gasteiger partial charge in [-0.2, -0.15) is 0 Å². The molecule has 2 saturated heterocycles. The fourth-order valence-electron chi connectivity index (χ4n) is 2.42. The van der Waals surface area contributed by atoms with E-state index in [1.54, 1.807) is 23.1 Å². The van der Waals surface area contributed by atoms with E-state index in [1.165, 1.54) is 0 Å². The molecule has 7 heteroatoms. The van der Waals surface area contributed by atoms with Gasteiger partial charge in [0.2, 0.25) is 5.91 Å². The largest absolute Gasteiger partial charge is 0.381 e. The third-order valence-electron chi connectivity index (χ3n) is 3.54. The van der Waals surface area contributed by atoms with Gasteiger partial charge in [0.25, 0.3) is 0 Å². The maximum Gasteiger partial charge on any atom is 0.230 e. The summed E-state index contributed by atoms with van der Waals surface area (Å²) in [6.45, 7) is 2.40. The molecule has 2 aliphatic rings. The molecule has 1 aromatic rings. The molecule has 5 nitrogen and oxygen atoms in total. The fourth-order valence-corrected chi connectivity index (χ4v) is 4.04. The number of carbonyl (C=O) groups is 1. The van der Waals surface area contributed by atoms with E-state index in [-0.39, 0.29) is 12.0 Å². The van der Waals surface area contributed by atoms with Crippen molar-refractivity contribution in [1.29, 1.82) is 0 Å². The highest BCUT2D eigenvalue weighted by molar-refractivity contribution is 8.01. The molecule has 0 aliphatic carbocycles. The molecule has 0 radical (unpaired) electrons. The maximum absolute atomic E-state index is 11.8. The van der Waals surface area contributed by atoms with E-state index in [9.17, 15) is 4.79 Å². The Bertz CT molecular complexity index is 460. The highest BCUT2D eigenvalue weighted by Gasteiger charge is 2.42. The zero-order valence-corrected chi connectivity index (χ0v) is 13.3.